The topological polar surface area (TPSA) is 89.3 Å². The largest absolute Gasteiger partial charge is 0.476 e. The third-order valence-electron chi connectivity index (χ3n) is 1.98. The second-order valence-corrected chi connectivity index (χ2v) is 3.43. The van der Waals surface area contributed by atoms with Gasteiger partial charge < -0.3 is 21.1 Å². The minimum absolute atomic E-state index is 0.0490. The number of carbonyl (C=O) groups is 1. The molecule has 1 heterocycles. The first-order chi connectivity index (χ1) is 8.13. The Morgan fingerprint density at radius 2 is 2.24 bits per heavy atom. The number of ether oxygens (including phenoxy) is 1. The van der Waals surface area contributed by atoms with Crippen molar-refractivity contribution in [1.82, 2.24) is 10.3 Å². The van der Waals surface area contributed by atoms with E-state index < -0.39 is 0 Å². The number of rotatable bonds is 6. The van der Waals surface area contributed by atoms with Gasteiger partial charge in [0.05, 0.1) is 12.3 Å². The summed E-state index contributed by atoms with van der Waals surface area (Å²) in [4.78, 5) is 14.9. The first-order valence-corrected chi connectivity index (χ1v) is 5.51. The molecule has 0 aliphatic carbocycles. The molecule has 0 spiro atoms. The maximum absolute atomic E-state index is 10.6. The third kappa shape index (κ3) is 4.58. The second-order valence-electron chi connectivity index (χ2n) is 3.43. The van der Waals surface area contributed by atoms with E-state index in [4.69, 9.17) is 10.5 Å². The molecule has 1 amide bonds. The van der Waals surface area contributed by atoms with Gasteiger partial charge in [0.1, 0.15) is 5.82 Å². The Morgan fingerprint density at radius 1 is 1.47 bits per heavy atom. The van der Waals surface area contributed by atoms with E-state index in [0.29, 0.717) is 37.1 Å². The van der Waals surface area contributed by atoms with Crippen LogP contribution in [0.2, 0.25) is 0 Å². The van der Waals surface area contributed by atoms with Gasteiger partial charge in [0.25, 0.3) is 0 Å². The Labute approximate surface area is 101 Å². The number of hydrogen-bond donors (Lipinski definition) is 3. The lowest BCUT2D eigenvalue weighted by atomic mass is 10.4. The highest BCUT2D eigenvalue weighted by Crippen LogP contribution is 2.20. The van der Waals surface area contributed by atoms with Crippen molar-refractivity contribution in [3.05, 3.63) is 12.1 Å². The fraction of sp³-hybridized carbons (Fsp3) is 0.455. The van der Waals surface area contributed by atoms with E-state index in [1.54, 1.807) is 12.1 Å². The number of aromatic nitrogens is 1. The molecule has 0 saturated heterocycles. The summed E-state index contributed by atoms with van der Waals surface area (Å²) in [6.45, 7) is 5.02. The van der Waals surface area contributed by atoms with E-state index in [9.17, 15) is 4.79 Å². The average molecular weight is 238 g/mol. The Hall–Kier alpha value is -1.98. The molecule has 0 bridgehead atoms. The predicted octanol–water partition coefficient (Wildman–Crippen LogP) is 0.610. The monoisotopic (exact) mass is 238 g/mol. The smallest absolute Gasteiger partial charge is 0.239 e. The molecule has 0 fully saturated rings. The Kier molecular flexibility index (Phi) is 5.06. The van der Waals surface area contributed by atoms with Crippen molar-refractivity contribution in [2.75, 3.05) is 30.7 Å². The minimum atomic E-state index is -0.0490. The molecular weight excluding hydrogens is 220 g/mol. The fourth-order valence-corrected chi connectivity index (χ4v) is 1.23. The van der Waals surface area contributed by atoms with E-state index in [-0.39, 0.29) is 5.91 Å². The second kappa shape index (κ2) is 6.57. The summed E-state index contributed by atoms with van der Waals surface area (Å²) < 4.78 is 5.28. The van der Waals surface area contributed by atoms with E-state index in [2.05, 4.69) is 15.6 Å². The Morgan fingerprint density at radius 3 is 2.88 bits per heavy atom. The maximum atomic E-state index is 10.6. The number of pyridine rings is 1. The van der Waals surface area contributed by atoms with Gasteiger partial charge in [-0.15, -0.1) is 0 Å². The lowest BCUT2D eigenvalue weighted by Crippen LogP contribution is -2.26. The number of hydrogen-bond acceptors (Lipinski definition) is 5. The standard InChI is InChI=1S/C11H18N4O2/c1-3-17-11-9(12)4-5-10(15-11)14-7-6-13-8(2)16/h4-5H,3,6-7,12H2,1-2H3,(H,13,16)(H,14,15). The van der Waals surface area contributed by atoms with Crippen LogP contribution in [0.15, 0.2) is 12.1 Å². The van der Waals surface area contributed by atoms with Crippen molar-refractivity contribution in [3.63, 3.8) is 0 Å². The number of amides is 1. The van der Waals surface area contributed by atoms with Crippen LogP contribution in [0.1, 0.15) is 13.8 Å². The summed E-state index contributed by atoms with van der Waals surface area (Å²) in [7, 11) is 0. The highest BCUT2D eigenvalue weighted by atomic mass is 16.5. The fourth-order valence-electron chi connectivity index (χ4n) is 1.23. The molecule has 0 aromatic carbocycles. The zero-order chi connectivity index (χ0) is 12.7. The number of carbonyl (C=O) groups excluding carboxylic acids is 1. The van der Waals surface area contributed by atoms with Crippen LogP contribution >= 0.6 is 0 Å². The SMILES string of the molecule is CCOc1nc(NCCNC(C)=O)ccc1N. The van der Waals surface area contributed by atoms with Crippen molar-refractivity contribution in [1.29, 1.82) is 0 Å². The summed E-state index contributed by atoms with van der Waals surface area (Å²) in [5.41, 5.74) is 6.21. The van der Waals surface area contributed by atoms with Gasteiger partial charge >= 0.3 is 0 Å². The van der Waals surface area contributed by atoms with E-state index in [1.165, 1.54) is 6.92 Å². The summed E-state index contributed by atoms with van der Waals surface area (Å²) in [6, 6.07) is 3.50. The van der Waals surface area contributed by atoms with Gasteiger partial charge in [0.15, 0.2) is 0 Å². The Bertz CT molecular complexity index is 382. The highest BCUT2D eigenvalue weighted by Gasteiger charge is 2.03. The third-order valence-corrected chi connectivity index (χ3v) is 1.98. The summed E-state index contributed by atoms with van der Waals surface area (Å²) in [5.74, 6) is 1.05. The van der Waals surface area contributed by atoms with Crippen LogP contribution in [-0.4, -0.2) is 30.6 Å². The van der Waals surface area contributed by atoms with Gasteiger partial charge in [-0.1, -0.05) is 0 Å². The van der Waals surface area contributed by atoms with Crippen molar-refractivity contribution in [3.8, 4) is 5.88 Å². The molecule has 0 atom stereocenters. The van der Waals surface area contributed by atoms with Crippen LogP contribution in [-0.2, 0) is 4.79 Å². The van der Waals surface area contributed by atoms with Crippen molar-refractivity contribution in [2.24, 2.45) is 0 Å². The minimum Gasteiger partial charge on any atom is -0.476 e. The first-order valence-electron chi connectivity index (χ1n) is 5.51. The molecule has 1 aromatic heterocycles. The van der Waals surface area contributed by atoms with Crippen LogP contribution in [0.5, 0.6) is 5.88 Å². The summed E-state index contributed by atoms with van der Waals surface area (Å²) >= 11 is 0. The number of anilines is 2. The molecule has 0 aliphatic rings. The number of nitrogens with zero attached hydrogens (tertiary/aromatic N) is 1. The molecule has 94 valence electrons. The molecule has 6 heteroatoms. The molecule has 1 rings (SSSR count). The van der Waals surface area contributed by atoms with Gasteiger partial charge in [-0.05, 0) is 19.1 Å². The lowest BCUT2D eigenvalue weighted by Gasteiger charge is -2.09. The molecule has 0 unspecified atom stereocenters. The zero-order valence-corrected chi connectivity index (χ0v) is 10.1. The zero-order valence-electron chi connectivity index (χ0n) is 10.1. The molecule has 6 nitrogen and oxygen atoms in total. The van der Waals surface area contributed by atoms with Crippen LogP contribution in [0, 0.1) is 0 Å². The van der Waals surface area contributed by atoms with Crippen molar-refractivity contribution < 1.29 is 9.53 Å². The van der Waals surface area contributed by atoms with Crippen LogP contribution in [0.25, 0.3) is 0 Å². The van der Waals surface area contributed by atoms with Gasteiger partial charge in [-0.3, -0.25) is 4.79 Å². The normalized spacial score (nSPS) is 9.76. The van der Waals surface area contributed by atoms with Crippen LogP contribution in [0.3, 0.4) is 0 Å². The molecule has 0 radical (unpaired) electrons. The number of nitrogens with two attached hydrogens (primary N) is 1. The summed E-state index contributed by atoms with van der Waals surface area (Å²) in [6.07, 6.45) is 0. The molecule has 1 aromatic rings. The molecule has 17 heavy (non-hydrogen) atoms. The van der Waals surface area contributed by atoms with Crippen molar-refractivity contribution >= 4 is 17.4 Å². The molecule has 0 saturated carbocycles. The van der Waals surface area contributed by atoms with Gasteiger partial charge in [-0.25, -0.2) is 0 Å². The number of nitrogens with one attached hydrogen (secondary N) is 2. The quantitative estimate of drug-likeness (QED) is 0.632. The molecule has 0 aliphatic heterocycles. The maximum Gasteiger partial charge on any atom is 0.239 e. The van der Waals surface area contributed by atoms with E-state index in [1.807, 2.05) is 6.92 Å². The van der Waals surface area contributed by atoms with E-state index >= 15 is 0 Å². The Balaban J connectivity index is 2.48. The molecular formula is C11H18N4O2. The predicted molar refractivity (Wildman–Crippen MR) is 67.0 cm³/mol. The van der Waals surface area contributed by atoms with E-state index in [0.717, 1.165) is 0 Å². The van der Waals surface area contributed by atoms with Crippen molar-refractivity contribution in [2.45, 2.75) is 13.8 Å². The lowest BCUT2D eigenvalue weighted by molar-refractivity contribution is -0.118. The van der Waals surface area contributed by atoms with Gasteiger partial charge in [0, 0.05) is 20.0 Å². The van der Waals surface area contributed by atoms with Gasteiger partial charge in [0.2, 0.25) is 11.8 Å². The summed E-state index contributed by atoms with van der Waals surface area (Å²) in [5, 5.41) is 5.75. The molecule has 4 N–H and O–H groups in total. The van der Waals surface area contributed by atoms with Crippen LogP contribution < -0.4 is 21.1 Å². The first kappa shape index (κ1) is 13.1. The average Bonchev–Trinajstić information content (AvgIpc) is 2.28. The van der Waals surface area contributed by atoms with Crippen LogP contribution in [0.4, 0.5) is 11.5 Å². The van der Waals surface area contributed by atoms with Gasteiger partial charge in [-0.2, -0.15) is 4.98 Å². The number of nitrogen functional groups attached to an aromatic ring is 1. The highest BCUT2D eigenvalue weighted by molar-refractivity contribution is 5.72.